The summed E-state index contributed by atoms with van der Waals surface area (Å²) in [6.45, 7) is 5.43. The van der Waals surface area contributed by atoms with E-state index in [2.05, 4.69) is 0 Å². The zero-order valence-corrected chi connectivity index (χ0v) is 9.61. The van der Waals surface area contributed by atoms with Crippen molar-refractivity contribution >= 4 is 0 Å². The minimum atomic E-state index is -0.838. The molecule has 0 aliphatic carbocycles. The number of aliphatic hydroxyl groups excluding tert-OH is 2. The van der Waals surface area contributed by atoms with Crippen molar-refractivity contribution in [3.63, 3.8) is 0 Å². The Morgan fingerprint density at radius 1 is 1.13 bits per heavy atom. The van der Waals surface area contributed by atoms with Crippen LogP contribution >= 0.6 is 0 Å². The second-order valence-electron chi connectivity index (χ2n) is 3.79. The Balaban J connectivity index is 3.17. The van der Waals surface area contributed by atoms with Crippen LogP contribution in [0, 0.1) is 13.8 Å². The fraction of sp³-hybridized carbons (Fsp3) is 0.500. The first-order chi connectivity index (χ1) is 6.99. The van der Waals surface area contributed by atoms with E-state index in [1.807, 2.05) is 19.9 Å². The van der Waals surface area contributed by atoms with Crippen LogP contribution < -0.4 is 4.74 Å². The molecule has 1 aromatic rings. The van der Waals surface area contributed by atoms with Crippen molar-refractivity contribution in [3.05, 3.63) is 28.8 Å². The van der Waals surface area contributed by atoms with Crippen molar-refractivity contribution in [3.8, 4) is 5.75 Å². The third-order valence-electron chi connectivity index (χ3n) is 2.77. The third-order valence-corrected chi connectivity index (χ3v) is 2.77. The van der Waals surface area contributed by atoms with Gasteiger partial charge in [0.2, 0.25) is 0 Å². The van der Waals surface area contributed by atoms with Crippen molar-refractivity contribution in [2.75, 3.05) is 7.11 Å². The lowest BCUT2D eigenvalue weighted by molar-refractivity contribution is 0.0301. The maximum absolute atomic E-state index is 9.78. The molecule has 2 atom stereocenters. The summed E-state index contributed by atoms with van der Waals surface area (Å²) in [6, 6.07) is 3.60. The molecule has 2 N–H and O–H groups in total. The van der Waals surface area contributed by atoms with E-state index in [9.17, 15) is 10.2 Å². The van der Waals surface area contributed by atoms with E-state index in [4.69, 9.17) is 4.74 Å². The van der Waals surface area contributed by atoms with E-state index >= 15 is 0 Å². The van der Waals surface area contributed by atoms with Gasteiger partial charge in [-0.2, -0.15) is 0 Å². The van der Waals surface area contributed by atoms with Crippen molar-refractivity contribution < 1.29 is 14.9 Å². The molecule has 0 amide bonds. The quantitative estimate of drug-likeness (QED) is 0.798. The fourth-order valence-corrected chi connectivity index (χ4v) is 1.62. The van der Waals surface area contributed by atoms with Gasteiger partial charge in [-0.3, -0.25) is 0 Å². The highest BCUT2D eigenvalue weighted by molar-refractivity contribution is 5.44. The summed E-state index contributed by atoms with van der Waals surface area (Å²) in [4.78, 5) is 0. The number of aliphatic hydroxyl groups is 2. The molecule has 15 heavy (non-hydrogen) atoms. The van der Waals surface area contributed by atoms with Gasteiger partial charge in [0.1, 0.15) is 11.9 Å². The molecule has 0 aromatic heterocycles. The van der Waals surface area contributed by atoms with E-state index < -0.39 is 12.2 Å². The van der Waals surface area contributed by atoms with Crippen LogP contribution in [0.3, 0.4) is 0 Å². The van der Waals surface area contributed by atoms with E-state index in [0.29, 0.717) is 0 Å². The van der Waals surface area contributed by atoms with E-state index in [1.54, 1.807) is 20.1 Å². The first-order valence-corrected chi connectivity index (χ1v) is 4.99. The van der Waals surface area contributed by atoms with Gasteiger partial charge in [-0.05, 0) is 43.5 Å². The summed E-state index contributed by atoms with van der Waals surface area (Å²) in [6.07, 6.45) is -1.61. The molecule has 1 rings (SSSR count). The standard InChI is InChI=1S/C12H18O3/c1-7-8(2)11(15-4)6-5-10(7)12(14)9(3)13/h5-6,9,12-14H,1-4H3. The number of ether oxygens (including phenoxy) is 1. The average molecular weight is 210 g/mol. The van der Waals surface area contributed by atoms with E-state index in [1.165, 1.54) is 0 Å². The Kier molecular flexibility index (Phi) is 3.72. The Morgan fingerprint density at radius 2 is 1.73 bits per heavy atom. The molecule has 0 bridgehead atoms. The van der Waals surface area contributed by atoms with Crippen LogP contribution in [0.5, 0.6) is 5.75 Å². The number of methoxy groups -OCH3 is 1. The van der Waals surface area contributed by atoms with Gasteiger partial charge in [-0.15, -0.1) is 0 Å². The first kappa shape index (κ1) is 12.0. The SMILES string of the molecule is COc1ccc(C(O)C(C)O)c(C)c1C. The minimum Gasteiger partial charge on any atom is -0.496 e. The molecule has 0 radical (unpaired) electrons. The largest absolute Gasteiger partial charge is 0.496 e. The topological polar surface area (TPSA) is 49.7 Å². The predicted octanol–water partition coefficient (Wildman–Crippen LogP) is 1.73. The average Bonchev–Trinajstić information content (AvgIpc) is 2.21. The van der Waals surface area contributed by atoms with Crippen molar-refractivity contribution in [2.45, 2.75) is 33.0 Å². The Labute approximate surface area is 90.3 Å². The summed E-state index contributed by atoms with van der Waals surface area (Å²) in [5, 5.41) is 19.1. The van der Waals surface area contributed by atoms with Crippen LogP contribution in [-0.4, -0.2) is 23.4 Å². The lowest BCUT2D eigenvalue weighted by atomic mass is 9.96. The van der Waals surface area contributed by atoms with Gasteiger partial charge in [-0.1, -0.05) is 6.07 Å². The zero-order chi connectivity index (χ0) is 11.6. The molecule has 0 aliphatic heterocycles. The predicted molar refractivity (Wildman–Crippen MR) is 59.1 cm³/mol. The molecule has 0 fully saturated rings. The van der Waals surface area contributed by atoms with Crippen molar-refractivity contribution in [2.24, 2.45) is 0 Å². The van der Waals surface area contributed by atoms with E-state index in [-0.39, 0.29) is 0 Å². The highest BCUT2D eigenvalue weighted by Gasteiger charge is 2.17. The minimum absolute atomic E-state index is 0.753. The van der Waals surface area contributed by atoms with Crippen molar-refractivity contribution in [1.29, 1.82) is 0 Å². The van der Waals surface area contributed by atoms with Crippen LogP contribution in [0.4, 0.5) is 0 Å². The zero-order valence-electron chi connectivity index (χ0n) is 9.61. The maximum atomic E-state index is 9.78. The first-order valence-electron chi connectivity index (χ1n) is 4.99. The summed E-state index contributed by atoms with van der Waals surface area (Å²) in [7, 11) is 1.62. The molecular weight excluding hydrogens is 192 g/mol. The number of rotatable bonds is 3. The molecule has 3 nitrogen and oxygen atoms in total. The smallest absolute Gasteiger partial charge is 0.122 e. The lowest BCUT2D eigenvalue weighted by Gasteiger charge is -2.19. The van der Waals surface area contributed by atoms with Crippen LogP contribution in [0.1, 0.15) is 29.7 Å². The summed E-state index contributed by atoms with van der Waals surface area (Å²) in [5.41, 5.74) is 2.71. The highest BCUT2D eigenvalue weighted by atomic mass is 16.5. The van der Waals surface area contributed by atoms with Crippen LogP contribution in [0.15, 0.2) is 12.1 Å². The van der Waals surface area contributed by atoms with Gasteiger partial charge in [0, 0.05) is 0 Å². The molecule has 0 saturated heterocycles. The highest BCUT2D eigenvalue weighted by Crippen LogP contribution is 2.28. The molecule has 2 unspecified atom stereocenters. The van der Waals surface area contributed by atoms with Gasteiger partial charge in [0.05, 0.1) is 13.2 Å². The summed E-state index contributed by atoms with van der Waals surface area (Å²) >= 11 is 0. The number of hydrogen-bond donors (Lipinski definition) is 2. The Bertz CT molecular complexity index is 345. The molecule has 3 heteroatoms. The van der Waals surface area contributed by atoms with Gasteiger partial charge in [-0.25, -0.2) is 0 Å². The molecule has 0 aliphatic rings. The van der Waals surface area contributed by atoms with Crippen molar-refractivity contribution in [1.82, 2.24) is 0 Å². The second kappa shape index (κ2) is 4.64. The normalized spacial score (nSPS) is 14.8. The fourth-order valence-electron chi connectivity index (χ4n) is 1.62. The monoisotopic (exact) mass is 210 g/mol. The number of hydrogen-bond acceptors (Lipinski definition) is 3. The molecule has 1 aromatic carbocycles. The molecule has 0 heterocycles. The van der Waals surface area contributed by atoms with Crippen LogP contribution in [0.2, 0.25) is 0 Å². The molecule has 0 saturated carbocycles. The van der Waals surface area contributed by atoms with Gasteiger partial charge in [0.25, 0.3) is 0 Å². The lowest BCUT2D eigenvalue weighted by Crippen LogP contribution is -2.15. The van der Waals surface area contributed by atoms with Crippen LogP contribution in [-0.2, 0) is 0 Å². The Morgan fingerprint density at radius 3 is 2.20 bits per heavy atom. The second-order valence-corrected chi connectivity index (χ2v) is 3.79. The third kappa shape index (κ3) is 2.30. The van der Waals surface area contributed by atoms with Gasteiger partial charge < -0.3 is 14.9 Å². The van der Waals surface area contributed by atoms with Crippen LogP contribution in [0.25, 0.3) is 0 Å². The molecular formula is C12H18O3. The summed E-state index contributed by atoms with van der Waals surface area (Å²) in [5.74, 6) is 0.800. The number of benzene rings is 1. The Hall–Kier alpha value is -1.06. The molecule has 84 valence electrons. The van der Waals surface area contributed by atoms with E-state index in [0.717, 1.165) is 22.4 Å². The molecule has 0 spiro atoms. The summed E-state index contributed by atoms with van der Waals surface area (Å²) < 4.78 is 5.18. The van der Waals surface area contributed by atoms with Gasteiger partial charge >= 0.3 is 0 Å². The maximum Gasteiger partial charge on any atom is 0.122 e. The van der Waals surface area contributed by atoms with Gasteiger partial charge in [0.15, 0.2) is 0 Å².